The van der Waals surface area contributed by atoms with Crippen LogP contribution in [-0.2, 0) is 6.42 Å². The number of amides is 1. The van der Waals surface area contributed by atoms with E-state index in [1.165, 1.54) is 22.3 Å². The van der Waals surface area contributed by atoms with Crippen LogP contribution in [0.5, 0.6) is 11.6 Å². The van der Waals surface area contributed by atoms with Crippen LogP contribution in [0.2, 0.25) is 0 Å². The van der Waals surface area contributed by atoms with Gasteiger partial charge in [0.1, 0.15) is 11.1 Å². The molecule has 1 aliphatic rings. The zero-order valence-electron chi connectivity index (χ0n) is 20.9. The van der Waals surface area contributed by atoms with Crippen LogP contribution in [0.4, 0.5) is 14.9 Å². The van der Waals surface area contributed by atoms with E-state index in [4.69, 9.17) is 14.5 Å². The van der Waals surface area contributed by atoms with Gasteiger partial charge in [-0.05, 0) is 43.7 Å². The molecule has 0 saturated carbocycles. The highest BCUT2D eigenvalue weighted by Crippen LogP contribution is 2.43. The molecule has 0 fully saturated rings. The SMILES string of the molecule is COc1cnc2c(-c3nc4cc(F)c5c(c4s3)CC(CN(C(=O)O)c3ccc(C)cc3)O5)cc(C)cc2n1. The largest absolute Gasteiger partial charge is 0.485 e. The Balaban J connectivity index is 1.37. The average molecular weight is 531 g/mol. The van der Waals surface area contributed by atoms with Crippen LogP contribution in [0.1, 0.15) is 16.7 Å². The Kier molecular flexibility index (Phi) is 5.83. The molecule has 3 heterocycles. The van der Waals surface area contributed by atoms with Crippen molar-refractivity contribution in [2.75, 3.05) is 18.6 Å². The summed E-state index contributed by atoms with van der Waals surface area (Å²) in [5, 5.41) is 10.5. The van der Waals surface area contributed by atoms with Crippen molar-refractivity contribution in [2.45, 2.75) is 26.4 Å². The molecular formula is C28H23FN4O4S. The number of ether oxygens (including phenoxy) is 2. The van der Waals surface area contributed by atoms with E-state index in [2.05, 4.69) is 9.97 Å². The Morgan fingerprint density at radius 3 is 2.68 bits per heavy atom. The highest BCUT2D eigenvalue weighted by Gasteiger charge is 2.32. The number of anilines is 1. The lowest BCUT2D eigenvalue weighted by Gasteiger charge is -2.22. The van der Waals surface area contributed by atoms with Gasteiger partial charge >= 0.3 is 6.09 Å². The summed E-state index contributed by atoms with van der Waals surface area (Å²) in [6.45, 7) is 3.97. The fourth-order valence-electron chi connectivity index (χ4n) is 4.78. The molecule has 1 amide bonds. The van der Waals surface area contributed by atoms with Crippen molar-refractivity contribution in [3.8, 4) is 22.2 Å². The van der Waals surface area contributed by atoms with Gasteiger partial charge in [-0.1, -0.05) is 17.7 Å². The summed E-state index contributed by atoms with van der Waals surface area (Å²) >= 11 is 1.44. The van der Waals surface area contributed by atoms with Crippen molar-refractivity contribution in [1.82, 2.24) is 15.0 Å². The number of thiazole rings is 1. The lowest BCUT2D eigenvalue weighted by molar-refractivity contribution is 0.190. The van der Waals surface area contributed by atoms with Gasteiger partial charge in [-0.3, -0.25) is 4.90 Å². The van der Waals surface area contributed by atoms with Crippen LogP contribution in [0.15, 0.2) is 48.7 Å². The first-order valence-electron chi connectivity index (χ1n) is 12.0. The normalized spacial score (nSPS) is 14.5. The Morgan fingerprint density at radius 2 is 1.95 bits per heavy atom. The van der Waals surface area contributed by atoms with Crippen molar-refractivity contribution in [3.63, 3.8) is 0 Å². The maximum absolute atomic E-state index is 15.1. The van der Waals surface area contributed by atoms with Crippen molar-refractivity contribution >= 4 is 44.4 Å². The summed E-state index contributed by atoms with van der Waals surface area (Å²) in [7, 11) is 1.54. The number of hydrogen-bond donors (Lipinski definition) is 1. The molecule has 192 valence electrons. The number of aromatic nitrogens is 3. The van der Waals surface area contributed by atoms with Crippen LogP contribution < -0.4 is 14.4 Å². The summed E-state index contributed by atoms with van der Waals surface area (Å²) in [6, 6.07) is 12.5. The molecule has 1 unspecified atom stereocenters. The van der Waals surface area contributed by atoms with Gasteiger partial charge in [0, 0.05) is 29.3 Å². The topological polar surface area (TPSA) is 97.7 Å². The Bertz CT molecular complexity index is 1720. The lowest BCUT2D eigenvalue weighted by Crippen LogP contribution is -2.38. The molecule has 1 atom stereocenters. The van der Waals surface area contributed by atoms with E-state index in [9.17, 15) is 9.90 Å². The quantitative estimate of drug-likeness (QED) is 0.291. The number of carbonyl (C=O) groups is 1. The molecular weight excluding hydrogens is 507 g/mol. The number of hydrogen-bond acceptors (Lipinski definition) is 7. The maximum Gasteiger partial charge on any atom is 0.411 e. The zero-order valence-corrected chi connectivity index (χ0v) is 21.7. The minimum atomic E-state index is -1.09. The molecule has 1 aliphatic heterocycles. The number of nitrogens with zero attached hydrogens (tertiary/aromatic N) is 4. The summed E-state index contributed by atoms with van der Waals surface area (Å²) < 4.78 is 27.1. The first-order valence-corrected chi connectivity index (χ1v) is 12.8. The van der Waals surface area contributed by atoms with Gasteiger partial charge in [-0.15, -0.1) is 11.3 Å². The minimum Gasteiger partial charge on any atom is -0.485 e. The number of benzene rings is 3. The molecule has 5 aromatic rings. The minimum absolute atomic E-state index is 0.0691. The first kappa shape index (κ1) is 24.1. The van der Waals surface area contributed by atoms with Gasteiger partial charge in [0.05, 0.1) is 41.1 Å². The number of rotatable bonds is 5. The van der Waals surface area contributed by atoms with Crippen LogP contribution in [0, 0.1) is 19.7 Å². The van der Waals surface area contributed by atoms with Crippen LogP contribution >= 0.6 is 11.3 Å². The second kappa shape index (κ2) is 9.21. The van der Waals surface area contributed by atoms with Gasteiger partial charge in [-0.2, -0.15) is 0 Å². The molecule has 0 aliphatic carbocycles. The zero-order chi connectivity index (χ0) is 26.6. The number of aryl methyl sites for hydroxylation is 2. The van der Waals surface area contributed by atoms with Gasteiger partial charge < -0.3 is 14.6 Å². The van der Waals surface area contributed by atoms with Crippen LogP contribution in [0.25, 0.3) is 31.8 Å². The fraction of sp³-hybridized carbons (Fsp3) is 0.214. The molecule has 0 radical (unpaired) electrons. The number of methoxy groups -OCH3 is 1. The lowest BCUT2D eigenvalue weighted by atomic mass is 10.1. The van der Waals surface area contributed by atoms with E-state index in [0.29, 0.717) is 45.1 Å². The fourth-order valence-corrected chi connectivity index (χ4v) is 5.89. The summed E-state index contributed by atoms with van der Waals surface area (Å²) in [5.41, 5.74) is 5.94. The second-order valence-electron chi connectivity index (χ2n) is 9.30. The van der Waals surface area contributed by atoms with Crippen molar-refractivity contribution in [1.29, 1.82) is 0 Å². The Labute approximate surface area is 221 Å². The van der Waals surface area contributed by atoms with Gasteiger partial charge in [0.15, 0.2) is 11.6 Å². The summed E-state index contributed by atoms with van der Waals surface area (Å²) in [5.74, 6) is 0.0655. The third kappa shape index (κ3) is 4.16. The number of fused-ring (bicyclic) bond motifs is 4. The molecule has 1 N–H and O–H groups in total. The Morgan fingerprint density at radius 1 is 1.16 bits per heavy atom. The van der Waals surface area contributed by atoms with Crippen LogP contribution in [-0.4, -0.2) is 45.9 Å². The highest BCUT2D eigenvalue weighted by atomic mass is 32.1. The second-order valence-corrected chi connectivity index (χ2v) is 10.3. The molecule has 10 heteroatoms. The first-order chi connectivity index (χ1) is 18.3. The van der Waals surface area contributed by atoms with Crippen molar-refractivity contribution < 1.29 is 23.8 Å². The Hall–Kier alpha value is -4.31. The van der Waals surface area contributed by atoms with E-state index in [-0.39, 0.29) is 12.3 Å². The maximum atomic E-state index is 15.1. The summed E-state index contributed by atoms with van der Waals surface area (Å²) in [4.78, 5) is 27.1. The molecule has 2 aromatic heterocycles. The molecule has 0 spiro atoms. The summed E-state index contributed by atoms with van der Waals surface area (Å²) in [6.07, 6.45) is 0.299. The van der Waals surface area contributed by atoms with E-state index in [1.807, 2.05) is 38.1 Å². The van der Waals surface area contributed by atoms with E-state index in [0.717, 1.165) is 21.4 Å². The number of halogens is 1. The van der Waals surface area contributed by atoms with Gasteiger partial charge in [-0.25, -0.2) is 24.1 Å². The third-order valence-corrected chi connectivity index (χ3v) is 7.73. The molecule has 8 nitrogen and oxygen atoms in total. The van der Waals surface area contributed by atoms with Crippen molar-refractivity contribution in [2.24, 2.45) is 0 Å². The molecule has 38 heavy (non-hydrogen) atoms. The van der Waals surface area contributed by atoms with E-state index >= 15 is 4.39 Å². The molecule has 0 saturated heterocycles. The predicted octanol–water partition coefficient (Wildman–Crippen LogP) is 6.16. The van der Waals surface area contributed by atoms with Crippen molar-refractivity contribution in [3.05, 3.63) is 71.2 Å². The van der Waals surface area contributed by atoms with E-state index in [1.54, 1.807) is 25.4 Å². The average Bonchev–Trinajstić information content (AvgIpc) is 3.51. The standard InChI is InChI=1S/C28H23FN4O4S/c1-14-4-6-16(7-5-14)33(28(34)35)13-17-10-19-25(37-17)20(29)11-22-26(19)38-27(32-22)18-8-15(2)9-21-24(18)30-12-23(31-21)36-3/h4-9,11-12,17H,10,13H2,1-3H3,(H,34,35). The molecule has 3 aromatic carbocycles. The third-order valence-electron chi connectivity index (χ3n) is 6.57. The molecule has 0 bridgehead atoms. The molecule has 6 rings (SSSR count). The number of carboxylic acid groups (broad SMARTS) is 1. The van der Waals surface area contributed by atoms with Gasteiger partial charge in [0.2, 0.25) is 5.88 Å². The monoisotopic (exact) mass is 530 g/mol. The van der Waals surface area contributed by atoms with Gasteiger partial charge in [0.25, 0.3) is 0 Å². The smallest absolute Gasteiger partial charge is 0.411 e. The van der Waals surface area contributed by atoms with E-state index < -0.39 is 18.0 Å². The highest BCUT2D eigenvalue weighted by molar-refractivity contribution is 7.22. The van der Waals surface area contributed by atoms with Crippen LogP contribution in [0.3, 0.4) is 0 Å². The predicted molar refractivity (Wildman–Crippen MR) is 144 cm³/mol.